The summed E-state index contributed by atoms with van der Waals surface area (Å²) in [5.41, 5.74) is 3.16. The van der Waals surface area contributed by atoms with Gasteiger partial charge in [0, 0.05) is 12.6 Å². The van der Waals surface area contributed by atoms with E-state index in [1.807, 2.05) is 61.8 Å². The van der Waals surface area contributed by atoms with Crippen molar-refractivity contribution in [1.82, 2.24) is 14.9 Å². The maximum Gasteiger partial charge on any atom is 0.0958 e. The lowest BCUT2D eigenvalue weighted by molar-refractivity contribution is 0.136. The van der Waals surface area contributed by atoms with Gasteiger partial charge in [-0.1, -0.05) is 42.5 Å². The monoisotopic (exact) mass is 309 g/mol. The number of nitrogens with one attached hydrogen (secondary N) is 1. The fourth-order valence-corrected chi connectivity index (χ4v) is 2.82. The van der Waals surface area contributed by atoms with Gasteiger partial charge < -0.3 is 15.0 Å². The van der Waals surface area contributed by atoms with Gasteiger partial charge in [0.1, 0.15) is 0 Å². The average molecular weight is 309 g/mol. The molecule has 0 amide bonds. The summed E-state index contributed by atoms with van der Waals surface area (Å²) in [7, 11) is 0. The fourth-order valence-electron chi connectivity index (χ4n) is 2.82. The third-order valence-corrected chi connectivity index (χ3v) is 4.18. The third-order valence-electron chi connectivity index (χ3n) is 4.18. The van der Waals surface area contributed by atoms with Crippen molar-refractivity contribution in [3.05, 3.63) is 66.5 Å². The Labute approximate surface area is 136 Å². The number of rotatable bonds is 7. The molecule has 0 fully saturated rings. The minimum atomic E-state index is -0.481. The van der Waals surface area contributed by atoms with Gasteiger partial charge in [-0.15, -0.1) is 0 Å². The molecule has 0 saturated heterocycles. The zero-order valence-corrected chi connectivity index (χ0v) is 13.4. The van der Waals surface area contributed by atoms with Crippen molar-refractivity contribution in [2.45, 2.75) is 32.0 Å². The van der Waals surface area contributed by atoms with E-state index in [1.165, 1.54) is 5.52 Å². The molecule has 1 heterocycles. The molecule has 0 aliphatic carbocycles. The molecule has 23 heavy (non-hydrogen) atoms. The molecule has 0 spiro atoms. The molecule has 4 nitrogen and oxygen atoms in total. The molecule has 120 valence electrons. The Morgan fingerprint density at radius 1 is 1.09 bits per heavy atom. The summed E-state index contributed by atoms with van der Waals surface area (Å²) in [6.07, 6.45) is 2.41. The van der Waals surface area contributed by atoms with Crippen LogP contribution in [0.4, 0.5) is 0 Å². The quantitative estimate of drug-likeness (QED) is 0.659. The van der Waals surface area contributed by atoms with Crippen LogP contribution in [0.25, 0.3) is 11.0 Å². The molecule has 0 radical (unpaired) electrons. The lowest BCUT2D eigenvalue weighted by atomic mass is 10.0. The number of aromatic nitrogens is 2. The molecule has 3 aromatic rings. The summed E-state index contributed by atoms with van der Waals surface area (Å²) in [6.45, 7) is 3.80. The number of benzene rings is 2. The average Bonchev–Trinajstić information content (AvgIpc) is 3.02. The van der Waals surface area contributed by atoms with Gasteiger partial charge in [-0.25, -0.2) is 4.98 Å². The number of fused-ring (bicyclic) bond motifs is 1. The molecule has 2 unspecified atom stereocenters. The Morgan fingerprint density at radius 2 is 1.83 bits per heavy atom. The second-order valence-corrected chi connectivity index (χ2v) is 5.88. The van der Waals surface area contributed by atoms with E-state index >= 15 is 0 Å². The summed E-state index contributed by atoms with van der Waals surface area (Å²) in [5.74, 6) is 0. The van der Waals surface area contributed by atoms with Crippen molar-refractivity contribution < 1.29 is 5.11 Å². The molecular formula is C19H23N3O. The number of aliphatic hydroxyl groups is 1. The summed E-state index contributed by atoms with van der Waals surface area (Å²) >= 11 is 0. The normalized spacial score (nSPS) is 14.0. The Hall–Kier alpha value is -2.17. The van der Waals surface area contributed by atoms with E-state index in [4.69, 9.17) is 0 Å². The molecule has 0 saturated carbocycles. The van der Waals surface area contributed by atoms with E-state index in [-0.39, 0.29) is 6.04 Å². The largest absolute Gasteiger partial charge is 0.387 e. The van der Waals surface area contributed by atoms with Crippen LogP contribution in [0.5, 0.6) is 0 Å². The molecular weight excluding hydrogens is 286 g/mol. The number of aliphatic hydroxyl groups excluding tert-OH is 1. The molecule has 0 aliphatic heterocycles. The van der Waals surface area contributed by atoms with Crippen LogP contribution in [0.2, 0.25) is 0 Å². The second kappa shape index (κ2) is 7.40. The van der Waals surface area contributed by atoms with E-state index in [0.717, 1.165) is 30.6 Å². The highest BCUT2D eigenvalue weighted by atomic mass is 16.3. The van der Waals surface area contributed by atoms with Gasteiger partial charge in [0.25, 0.3) is 0 Å². The Balaban J connectivity index is 1.48. The Bertz CT molecular complexity index is 738. The van der Waals surface area contributed by atoms with Gasteiger partial charge in [0.05, 0.1) is 23.5 Å². The van der Waals surface area contributed by atoms with Crippen LogP contribution < -0.4 is 5.32 Å². The predicted molar refractivity (Wildman–Crippen MR) is 93.2 cm³/mol. The topological polar surface area (TPSA) is 50.1 Å². The molecule has 0 bridgehead atoms. The van der Waals surface area contributed by atoms with Gasteiger partial charge in [0.15, 0.2) is 0 Å². The summed E-state index contributed by atoms with van der Waals surface area (Å²) in [6, 6.07) is 18.0. The number of aryl methyl sites for hydroxylation is 1. The number of nitrogens with zero attached hydrogens (tertiary/aromatic N) is 2. The molecule has 0 aliphatic rings. The second-order valence-electron chi connectivity index (χ2n) is 5.88. The zero-order chi connectivity index (χ0) is 16.1. The van der Waals surface area contributed by atoms with Crippen molar-refractivity contribution in [1.29, 1.82) is 0 Å². The summed E-state index contributed by atoms with van der Waals surface area (Å²) in [5, 5.41) is 13.7. The first-order valence-electron chi connectivity index (χ1n) is 8.12. The SMILES string of the molecule is CC(NCCCn1cnc2ccccc21)C(O)c1ccccc1. The minimum Gasteiger partial charge on any atom is -0.387 e. The van der Waals surface area contributed by atoms with Crippen LogP contribution in [-0.4, -0.2) is 27.2 Å². The van der Waals surface area contributed by atoms with Crippen molar-refractivity contribution in [2.75, 3.05) is 6.54 Å². The van der Waals surface area contributed by atoms with Gasteiger partial charge in [-0.3, -0.25) is 0 Å². The highest BCUT2D eigenvalue weighted by molar-refractivity contribution is 5.74. The summed E-state index contributed by atoms with van der Waals surface area (Å²) < 4.78 is 2.18. The van der Waals surface area contributed by atoms with Gasteiger partial charge >= 0.3 is 0 Å². The van der Waals surface area contributed by atoms with Gasteiger partial charge in [-0.2, -0.15) is 0 Å². The Kier molecular flexibility index (Phi) is 5.05. The van der Waals surface area contributed by atoms with E-state index in [0.29, 0.717) is 0 Å². The lowest BCUT2D eigenvalue weighted by Crippen LogP contribution is -2.33. The molecule has 3 rings (SSSR count). The van der Waals surface area contributed by atoms with Crippen LogP contribution in [0.3, 0.4) is 0 Å². The van der Waals surface area contributed by atoms with Crippen LogP contribution >= 0.6 is 0 Å². The van der Waals surface area contributed by atoms with Crippen molar-refractivity contribution in [3.8, 4) is 0 Å². The lowest BCUT2D eigenvalue weighted by Gasteiger charge is -2.20. The number of hydrogen-bond acceptors (Lipinski definition) is 3. The third kappa shape index (κ3) is 3.78. The fraction of sp³-hybridized carbons (Fsp3) is 0.316. The molecule has 2 N–H and O–H groups in total. The Morgan fingerprint density at radius 3 is 2.65 bits per heavy atom. The van der Waals surface area contributed by atoms with Crippen LogP contribution in [0.15, 0.2) is 60.9 Å². The molecule has 2 aromatic carbocycles. The number of hydrogen-bond donors (Lipinski definition) is 2. The van der Waals surface area contributed by atoms with Crippen LogP contribution in [-0.2, 0) is 6.54 Å². The van der Waals surface area contributed by atoms with E-state index in [2.05, 4.69) is 20.9 Å². The highest BCUT2D eigenvalue weighted by Gasteiger charge is 2.14. The van der Waals surface area contributed by atoms with Crippen molar-refractivity contribution in [2.24, 2.45) is 0 Å². The molecule has 4 heteroatoms. The van der Waals surface area contributed by atoms with Crippen LogP contribution in [0, 0.1) is 0 Å². The van der Waals surface area contributed by atoms with Crippen LogP contribution in [0.1, 0.15) is 25.0 Å². The molecule has 2 atom stereocenters. The van der Waals surface area contributed by atoms with E-state index < -0.39 is 6.10 Å². The maximum absolute atomic E-state index is 10.3. The molecule has 1 aromatic heterocycles. The van der Waals surface area contributed by atoms with Crippen molar-refractivity contribution >= 4 is 11.0 Å². The van der Waals surface area contributed by atoms with E-state index in [9.17, 15) is 5.11 Å². The van der Waals surface area contributed by atoms with Gasteiger partial charge in [0.2, 0.25) is 0 Å². The zero-order valence-electron chi connectivity index (χ0n) is 13.4. The maximum atomic E-state index is 10.3. The first kappa shape index (κ1) is 15.7. The number of para-hydroxylation sites is 2. The van der Waals surface area contributed by atoms with Crippen molar-refractivity contribution in [3.63, 3.8) is 0 Å². The van der Waals surface area contributed by atoms with Gasteiger partial charge in [-0.05, 0) is 37.6 Å². The first-order chi connectivity index (χ1) is 11.3. The standard InChI is InChI=1S/C19H23N3O/c1-15(19(23)16-8-3-2-4-9-16)20-12-7-13-22-14-21-17-10-5-6-11-18(17)22/h2-6,8-11,14-15,19-20,23H,7,12-13H2,1H3. The minimum absolute atomic E-state index is 0.0249. The summed E-state index contributed by atoms with van der Waals surface area (Å²) in [4.78, 5) is 4.40. The smallest absolute Gasteiger partial charge is 0.0958 e. The highest BCUT2D eigenvalue weighted by Crippen LogP contribution is 2.16. The first-order valence-corrected chi connectivity index (χ1v) is 8.12. The predicted octanol–water partition coefficient (Wildman–Crippen LogP) is 3.14. The van der Waals surface area contributed by atoms with E-state index in [1.54, 1.807) is 0 Å². The number of imidazole rings is 1.